The summed E-state index contributed by atoms with van der Waals surface area (Å²) in [7, 11) is 0. The van der Waals surface area contributed by atoms with Crippen molar-refractivity contribution in [3.8, 4) is 0 Å². The van der Waals surface area contributed by atoms with E-state index in [4.69, 9.17) is 0 Å². The van der Waals surface area contributed by atoms with Gasteiger partial charge in [0.15, 0.2) is 0 Å². The molecule has 1 saturated heterocycles. The Morgan fingerprint density at radius 3 is 2.67 bits per heavy atom. The number of hydrogen-bond acceptors (Lipinski definition) is 3. The van der Waals surface area contributed by atoms with Crippen LogP contribution in [0.1, 0.15) is 51.8 Å². The van der Waals surface area contributed by atoms with Crippen LogP contribution in [-0.4, -0.2) is 34.6 Å². The van der Waals surface area contributed by atoms with Crippen molar-refractivity contribution >= 4 is 0 Å². The summed E-state index contributed by atoms with van der Waals surface area (Å²) in [5.74, 6) is 0.660. The average molecular weight is 289 g/mol. The average Bonchev–Trinajstić information content (AvgIpc) is 2.49. The van der Waals surface area contributed by atoms with Crippen LogP contribution < -0.4 is 5.32 Å². The highest BCUT2D eigenvalue weighted by molar-refractivity contribution is 5.18. The Labute approximate surface area is 130 Å². The molecule has 0 amide bonds. The van der Waals surface area contributed by atoms with Crippen LogP contribution in [-0.2, 0) is 6.54 Å². The standard InChI is InChI=1S/C18H31N3/c1-6-18(7-2)13-21(17(11-20-18)14(3)4)12-16-15(5)9-8-10-19-16/h8-10,14,17,20H,6-7,11-13H2,1-5H3. The van der Waals surface area contributed by atoms with E-state index in [-0.39, 0.29) is 5.54 Å². The molecule has 118 valence electrons. The maximum Gasteiger partial charge on any atom is 0.0573 e. The molecule has 0 radical (unpaired) electrons. The van der Waals surface area contributed by atoms with E-state index in [0.29, 0.717) is 12.0 Å². The fraction of sp³-hybridized carbons (Fsp3) is 0.722. The molecule has 1 aromatic heterocycles. The minimum atomic E-state index is 0.272. The molecule has 1 atom stereocenters. The zero-order valence-corrected chi connectivity index (χ0v) is 14.3. The molecule has 1 fully saturated rings. The van der Waals surface area contributed by atoms with Crippen molar-refractivity contribution in [2.75, 3.05) is 13.1 Å². The molecule has 0 spiro atoms. The van der Waals surface area contributed by atoms with Crippen LogP contribution >= 0.6 is 0 Å². The van der Waals surface area contributed by atoms with Gasteiger partial charge in [0.2, 0.25) is 0 Å². The second kappa shape index (κ2) is 6.89. The zero-order valence-electron chi connectivity index (χ0n) is 14.3. The van der Waals surface area contributed by atoms with Crippen LogP contribution in [0.5, 0.6) is 0 Å². The van der Waals surface area contributed by atoms with Gasteiger partial charge in [0.1, 0.15) is 0 Å². The normalized spacial score (nSPS) is 22.7. The fourth-order valence-corrected chi connectivity index (χ4v) is 3.44. The number of piperazine rings is 1. The fourth-order valence-electron chi connectivity index (χ4n) is 3.44. The van der Waals surface area contributed by atoms with Crippen LogP contribution in [0.3, 0.4) is 0 Å². The van der Waals surface area contributed by atoms with Gasteiger partial charge in [0.25, 0.3) is 0 Å². The molecule has 1 unspecified atom stereocenters. The van der Waals surface area contributed by atoms with Crippen LogP contribution in [0.15, 0.2) is 18.3 Å². The summed E-state index contributed by atoms with van der Waals surface area (Å²) in [6.07, 6.45) is 4.29. The van der Waals surface area contributed by atoms with Crippen LogP contribution in [0.2, 0.25) is 0 Å². The van der Waals surface area contributed by atoms with Crippen molar-refractivity contribution in [3.63, 3.8) is 0 Å². The number of aryl methyl sites for hydroxylation is 1. The molecule has 1 aliphatic heterocycles. The van der Waals surface area contributed by atoms with Gasteiger partial charge >= 0.3 is 0 Å². The van der Waals surface area contributed by atoms with Gasteiger partial charge in [-0.15, -0.1) is 0 Å². The van der Waals surface area contributed by atoms with Gasteiger partial charge in [0, 0.05) is 37.4 Å². The molecular weight excluding hydrogens is 258 g/mol. The second-order valence-electron chi connectivity index (χ2n) is 6.85. The zero-order chi connectivity index (χ0) is 15.5. The molecular formula is C18H31N3. The van der Waals surface area contributed by atoms with Gasteiger partial charge in [-0.2, -0.15) is 0 Å². The topological polar surface area (TPSA) is 28.2 Å². The predicted molar refractivity (Wildman–Crippen MR) is 89.3 cm³/mol. The Hall–Kier alpha value is -0.930. The van der Waals surface area contributed by atoms with E-state index < -0.39 is 0 Å². The molecule has 0 bridgehead atoms. The van der Waals surface area contributed by atoms with E-state index >= 15 is 0 Å². The van der Waals surface area contributed by atoms with Gasteiger partial charge in [-0.3, -0.25) is 9.88 Å². The van der Waals surface area contributed by atoms with Crippen molar-refractivity contribution in [1.29, 1.82) is 0 Å². The first kappa shape index (κ1) is 16.4. The highest BCUT2D eigenvalue weighted by Gasteiger charge is 2.37. The third-order valence-electron chi connectivity index (χ3n) is 5.25. The quantitative estimate of drug-likeness (QED) is 0.900. The number of aromatic nitrogens is 1. The molecule has 1 aliphatic rings. The molecule has 3 heteroatoms. The Kier molecular flexibility index (Phi) is 5.39. The Morgan fingerprint density at radius 2 is 2.10 bits per heavy atom. The summed E-state index contributed by atoms with van der Waals surface area (Å²) in [6.45, 7) is 14.6. The minimum Gasteiger partial charge on any atom is -0.308 e. The lowest BCUT2D eigenvalue weighted by Gasteiger charge is -2.49. The summed E-state index contributed by atoms with van der Waals surface area (Å²) in [5, 5.41) is 3.83. The van der Waals surface area contributed by atoms with Gasteiger partial charge in [-0.1, -0.05) is 33.8 Å². The molecule has 0 saturated carbocycles. The second-order valence-corrected chi connectivity index (χ2v) is 6.85. The van der Waals surface area contributed by atoms with Crippen molar-refractivity contribution in [2.24, 2.45) is 5.92 Å². The molecule has 3 nitrogen and oxygen atoms in total. The molecule has 0 aliphatic carbocycles. The van der Waals surface area contributed by atoms with Crippen molar-refractivity contribution in [2.45, 2.75) is 65.6 Å². The summed E-state index contributed by atoms with van der Waals surface area (Å²) < 4.78 is 0. The highest BCUT2D eigenvalue weighted by atomic mass is 15.3. The number of rotatable bonds is 5. The highest BCUT2D eigenvalue weighted by Crippen LogP contribution is 2.27. The third kappa shape index (κ3) is 3.64. The number of pyridine rings is 1. The lowest BCUT2D eigenvalue weighted by molar-refractivity contribution is 0.0432. The first-order chi connectivity index (χ1) is 10.0. The lowest BCUT2D eigenvalue weighted by atomic mass is 9.86. The summed E-state index contributed by atoms with van der Waals surface area (Å²) >= 11 is 0. The molecule has 2 heterocycles. The minimum absolute atomic E-state index is 0.272. The first-order valence-electron chi connectivity index (χ1n) is 8.41. The molecule has 0 aromatic carbocycles. The van der Waals surface area contributed by atoms with Gasteiger partial charge in [-0.05, 0) is 37.3 Å². The molecule has 21 heavy (non-hydrogen) atoms. The Bertz CT molecular complexity index is 452. The van der Waals surface area contributed by atoms with Crippen molar-refractivity contribution in [3.05, 3.63) is 29.6 Å². The summed E-state index contributed by atoms with van der Waals surface area (Å²) in [5.41, 5.74) is 2.80. The summed E-state index contributed by atoms with van der Waals surface area (Å²) in [6, 6.07) is 4.79. The molecule has 2 rings (SSSR count). The third-order valence-corrected chi connectivity index (χ3v) is 5.25. The van der Waals surface area contributed by atoms with Crippen LogP contribution in [0.4, 0.5) is 0 Å². The Balaban J connectivity index is 2.20. The van der Waals surface area contributed by atoms with Crippen molar-refractivity contribution in [1.82, 2.24) is 15.2 Å². The predicted octanol–water partition coefficient (Wildman–Crippen LogP) is 3.38. The van der Waals surface area contributed by atoms with E-state index in [0.717, 1.165) is 19.6 Å². The van der Waals surface area contributed by atoms with E-state index in [9.17, 15) is 0 Å². The first-order valence-corrected chi connectivity index (χ1v) is 8.41. The maximum absolute atomic E-state index is 4.60. The molecule has 1 N–H and O–H groups in total. The van der Waals surface area contributed by atoms with Gasteiger partial charge in [0.05, 0.1) is 5.69 Å². The van der Waals surface area contributed by atoms with E-state index in [1.807, 2.05) is 12.3 Å². The summed E-state index contributed by atoms with van der Waals surface area (Å²) in [4.78, 5) is 7.26. The number of hydrogen-bond donors (Lipinski definition) is 1. The number of nitrogens with zero attached hydrogens (tertiary/aromatic N) is 2. The maximum atomic E-state index is 4.60. The van der Waals surface area contributed by atoms with Gasteiger partial charge in [-0.25, -0.2) is 0 Å². The Morgan fingerprint density at radius 1 is 1.38 bits per heavy atom. The molecule has 1 aromatic rings. The SMILES string of the molecule is CCC1(CC)CN(Cc2ncccc2C)C(C(C)C)CN1. The van der Waals surface area contributed by atoms with Gasteiger partial charge < -0.3 is 5.32 Å². The van der Waals surface area contributed by atoms with E-state index in [1.54, 1.807) is 0 Å². The van der Waals surface area contributed by atoms with Crippen LogP contribution in [0, 0.1) is 12.8 Å². The largest absolute Gasteiger partial charge is 0.308 e. The van der Waals surface area contributed by atoms with Crippen molar-refractivity contribution < 1.29 is 0 Å². The smallest absolute Gasteiger partial charge is 0.0573 e. The lowest BCUT2D eigenvalue weighted by Crippen LogP contribution is -2.64. The number of nitrogens with one attached hydrogen (secondary N) is 1. The van der Waals surface area contributed by atoms with E-state index in [2.05, 4.69) is 55.9 Å². The van der Waals surface area contributed by atoms with E-state index in [1.165, 1.54) is 24.1 Å². The van der Waals surface area contributed by atoms with Crippen LogP contribution in [0.25, 0.3) is 0 Å². The monoisotopic (exact) mass is 289 g/mol.